The van der Waals surface area contributed by atoms with Gasteiger partial charge in [0.15, 0.2) is 0 Å². The van der Waals surface area contributed by atoms with Crippen LogP contribution in [0.3, 0.4) is 0 Å². The molecule has 0 spiro atoms. The van der Waals surface area contributed by atoms with Gasteiger partial charge in [-0.3, -0.25) is 15.0 Å². The van der Waals surface area contributed by atoms with E-state index < -0.39 is 46.9 Å². The Labute approximate surface area is 197 Å². The van der Waals surface area contributed by atoms with Crippen molar-refractivity contribution < 1.29 is 33.4 Å². The van der Waals surface area contributed by atoms with E-state index in [-0.39, 0.29) is 25.9 Å². The molecule has 11 nitrogen and oxygen atoms in total. The van der Waals surface area contributed by atoms with Crippen molar-refractivity contribution in [2.75, 3.05) is 20.1 Å². The molecule has 0 fully saturated rings. The molecule has 0 aliphatic rings. The molecule has 33 heavy (non-hydrogen) atoms. The van der Waals surface area contributed by atoms with Gasteiger partial charge in [-0.1, -0.05) is 0 Å². The predicted octanol–water partition coefficient (Wildman–Crippen LogP) is 2.49. The largest absolute Gasteiger partial charge is 0.459 e. The van der Waals surface area contributed by atoms with E-state index in [1.165, 1.54) is 12.1 Å². The van der Waals surface area contributed by atoms with Crippen LogP contribution in [0.5, 0.6) is 0 Å². The number of carbonyl (C=O) groups excluding carboxylic acids is 4. The van der Waals surface area contributed by atoms with Gasteiger partial charge in [-0.2, -0.15) is 0 Å². The Kier molecular flexibility index (Phi) is 11.6. The lowest BCUT2D eigenvalue weighted by atomic mass is 10.1. The third kappa shape index (κ3) is 18.7. The average Bonchev–Trinajstić information content (AvgIpc) is 2.48. The van der Waals surface area contributed by atoms with E-state index in [0.717, 1.165) is 0 Å². The highest BCUT2D eigenvalue weighted by Crippen LogP contribution is 2.10. The van der Waals surface area contributed by atoms with Gasteiger partial charge in [0.25, 0.3) is 0 Å². The highest BCUT2D eigenvalue weighted by atomic mass is 16.6. The highest BCUT2D eigenvalue weighted by molar-refractivity contribution is 5.78. The Bertz CT molecular complexity index is 676. The summed E-state index contributed by atoms with van der Waals surface area (Å²) < 4.78 is 15.7. The Hall–Kier alpha value is -2.56. The molecule has 11 heteroatoms. The lowest BCUT2D eigenvalue weighted by molar-refractivity contribution is -0.156. The topological polar surface area (TPSA) is 135 Å². The summed E-state index contributed by atoms with van der Waals surface area (Å²) in [6.07, 6.45) is -1.13. The van der Waals surface area contributed by atoms with Gasteiger partial charge >= 0.3 is 18.2 Å². The number of nitrogens with zero attached hydrogens (tertiary/aromatic N) is 1. The summed E-state index contributed by atoms with van der Waals surface area (Å²) in [5.41, 5.74) is 0.584. The van der Waals surface area contributed by atoms with Crippen LogP contribution >= 0.6 is 0 Å². The molecule has 0 heterocycles. The first-order valence-corrected chi connectivity index (χ1v) is 10.9. The van der Waals surface area contributed by atoms with Crippen molar-refractivity contribution >= 4 is 24.1 Å². The molecule has 0 aliphatic carbocycles. The molecule has 0 saturated heterocycles. The molecule has 1 unspecified atom stereocenters. The first-order valence-electron chi connectivity index (χ1n) is 10.9. The summed E-state index contributed by atoms with van der Waals surface area (Å²) in [5, 5.41) is 6.55. The second-order valence-corrected chi connectivity index (χ2v) is 10.7. The molecule has 0 saturated carbocycles. The molecule has 0 radical (unpaired) electrons. The van der Waals surface area contributed by atoms with Crippen molar-refractivity contribution in [3.05, 3.63) is 0 Å². The van der Waals surface area contributed by atoms with Gasteiger partial charge in [0, 0.05) is 26.1 Å². The quantitative estimate of drug-likeness (QED) is 0.263. The molecule has 0 aliphatic heterocycles. The van der Waals surface area contributed by atoms with Crippen LogP contribution in [-0.4, -0.2) is 72.1 Å². The van der Waals surface area contributed by atoms with Gasteiger partial charge in [0.05, 0.1) is 0 Å². The third-order valence-corrected chi connectivity index (χ3v) is 3.42. The van der Waals surface area contributed by atoms with Gasteiger partial charge in [-0.15, -0.1) is 0 Å². The van der Waals surface area contributed by atoms with Gasteiger partial charge in [-0.05, 0) is 68.7 Å². The van der Waals surface area contributed by atoms with E-state index in [2.05, 4.69) is 16.1 Å². The summed E-state index contributed by atoms with van der Waals surface area (Å²) in [6, 6.07) is -0.635. The van der Waals surface area contributed by atoms with Gasteiger partial charge in [0.1, 0.15) is 23.3 Å². The molecular weight excluding hydrogens is 432 g/mol. The summed E-state index contributed by atoms with van der Waals surface area (Å²) in [4.78, 5) is 48.4. The number of hydrogen-bond donors (Lipinski definition) is 3. The van der Waals surface area contributed by atoms with Crippen LogP contribution in [0, 0.1) is 0 Å². The molecule has 0 aromatic heterocycles. The van der Waals surface area contributed by atoms with Crippen LogP contribution in [0.15, 0.2) is 0 Å². The third-order valence-electron chi connectivity index (χ3n) is 3.42. The van der Waals surface area contributed by atoms with Crippen LogP contribution in [0.25, 0.3) is 0 Å². The molecule has 3 N–H and O–H groups in total. The predicted molar refractivity (Wildman–Crippen MR) is 123 cm³/mol. The van der Waals surface area contributed by atoms with Crippen LogP contribution in [0.4, 0.5) is 9.59 Å². The Morgan fingerprint density at radius 1 is 0.788 bits per heavy atom. The van der Waals surface area contributed by atoms with Crippen molar-refractivity contribution in [3.8, 4) is 0 Å². The lowest BCUT2D eigenvalue weighted by Gasteiger charge is -2.25. The number of hydrogen-bond acceptors (Lipinski definition) is 8. The molecule has 1 atom stereocenters. The number of hydrazine groups is 1. The number of carbonyl (C=O) groups is 4. The first kappa shape index (κ1) is 30.4. The van der Waals surface area contributed by atoms with E-state index in [4.69, 9.17) is 14.2 Å². The minimum absolute atomic E-state index is 0.103. The maximum atomic E-state index is 12.5. The van der Waals surface area contributed by atoms with E-state index in [9.17, 15) is 19.2 Å². The van der Waals surface area contributed by atoms with Crippen molar-refractivity contribution in [1.82, 2.24) is 21.1 Å². The van der Waals surface area contributed by atoms with Gasteiger partial charge in [-0.25, -0.2) is 14.6 Å². The highest BCUT2D eigenvalue weighted by Gasteiger charge is 2.23. The van der Waals surface area contributed by atoms with Crippen LogP contribution < -0.4 is 16.1 Å². The Morgan fingerprint density at radius 2 is 1.27 bits per heavy atom. The summed E-state index contributed by atoms with van der Waals surface area (Å²) >= 11 is 0. The van der Waals surface area contributed by atoms with Crippen molar-refractivity contribution in [2.24, 2.45) is 0 Å². The molecule has 0 aromatic rings. The van der Waals surface area contributed by atoms with Crippen LogP contribution in [0.1, 0.15) is 75.2 Å². The number of nitrogens with one attached hydrogen (secondary N) is 3. The zero-order valence-corrected chi connectivity index (χ0v) is 21.7. The van der Waals surface area contributed by atoms with Crippen molar-refractivity contribution in [2.45, 2.75) is 98.0 Å². The molecule has 0 rings (SSSR count). The smallest absolute Gasteiger partial charge is 0.407 e. The van der Waals surface area contributed by atoms with Crippen molar-refractivity contribution in [3.63, 3.8) is 0 Å². The normalized spacial score (nSPS) is 13.1. The fourth-order valence-corrected chi connectivity index (χ4v) is 2.45. The fraction of sp³-hybridized carbons (Fsp3) is 0.818. The molecule has 0 aromatic carbocycles. The lowest BCUT2D eigenvalue weighted by Crippen LogP contribution is -2.47. The van der Waals surface area contributed by atoms with Gasteiger partial charge < -0.3 is 24.8 Å². The standard InChI is InChI=1S/C22H42N4O7/c1-20(2,3)31-17(28)14-26(10)25-16(27)13-15(24-19(30)33-22(7,8)9)11-12-23-18(29)32-21(4,5)6/h15H,11-14H2,1-10H3,(H,23,29)(H,24,30)(H,25,27). The molecule has 0 bridgehead atoms. The maximum Gasteiger partial charge on any atom is 0.407 e. The number of alkyl carbamates (subject to hydrolysis) is 2. The van der Waals surface area contributed by atoms with E-state index in [0.29, 0.717) is 0 Å². The first-order chi connectivity index (χ1) is 14.8. The van der Waals surface area contributed by atoms with Crippen molar-refractivity contribution in [1.29, 1.82) is 0 Å². The number of ether oxygens (including phenoxy) is 3. The summed E-state index contributed by atoms with van der Waals surface area (Å²) in [6.45, 7) is 15.7. The van der Waals surface area contributed by atoms with E-state index in [1.807, 2.05) is 0 Å². The number of esters is 1. The zero-order valence-electron chi connectivity index (χ0n) is 21.7. The van der Waals surface area contributed by atoms with Gasteiger partial charge in [0.2, 0.25) is 5.91 Å². The molecule has 3 amide bonds. The Balaban J connectivity index is 4.88. The summed E-state index contributed by atoms with van der Waals surface area (Å²) in [7, 11) is 1.53. The Morgan fingerprint density at radius 3 is 1.76 bits per heavy atom. The number of likely N-dealkylation sites (N-methyl/N-ethyl adjacent to an activating group) is 1. The second-order valence-electron chi connectivity index (χ2n) is 10.7. The maximum absolute atomic E-state index is 12.5. The SMILES string of the molecule is CN(CC(=O)OC(C)(C)C)NC(=O)CC(CCNC(=O)OC(C)(C)C)NC(=O)OC(C)(C)C. The van der Waals surface area contributed by atoms with Crippen LogP contribution in [0.2, 0.25) is 0 Å². The van der Waals surface area contributed by atoms with Crippen LogP contribution in [-0.2, 0) is 23.8 Å². The average molecular weight is 475 g/mol. The number of amides is 3. The van der Waals surface area contributed by atoms with E-state index in [1.54, 1.807) is 62.3 Å². The minimum atomic E-state index is -0.709. The zero-order chi connectivity index (χ0) is 26.0. The number of rotatable bonds is 9. The second kappa shape index (κ2) is 12.6. The molecular formula is C22H42N4O7. The van der Waals surface area contributed by atoms with E-state index >= 15 is 0 Å². The monoisotopic (exact) mass is 474 g/mol. The minimum Gasteiger partial charge on any atom is -0.459 e. The molecule has 192 valence electrons. The summed E-state index contributed by atoms with van der Waals surface area (Å²) in [5.74, 6) is -0.922. The fourth-order valence-electron chi connectivity index (χ4n) is 2.45.